The number of sulfone groups is 1. The van der Waals surface area contributed by atoms with Gasteiger partial charge in [0.2, 0.25) is 0 Å². The number of rotatable bonds is 13. The second-order valence-corrected chi connectivity index (χ2v) is 9.53. The van der Waals surface area contributed by atoms with Gasteiger partial charge in [-0.1, -0.05) is 42.5 Å². The summed E-state index contributed by atoms with van der Waals surface area (Å²) in [7, 11) is -2.22. The number of esters is 1. The van der Waals surface area contributed by atoms with Crippen molar-refractivity contribution in [3.8, 4) is 0 Å². The van der Waals surface area contributed by atoms with Crippen molar-refractivity contribution in [2.45, 2.75) is 24.2 Å². The first-order valence-corrected chi connectivity index (χ1v) is 12.8. The van der Waals surface area contributed by atoms with Crippen LogP contribution < -0.4 is 0 Å². The Labute approximate surface area is 208 Å². The van der Waals surface area contributed by atoms with Gasteiger partial charge in [-0.25, -0.2) is 18.0 Å². The Morgan fingerprint density at radius 3 is 2.11 bits per heavy atom. The molecular formula is C24H27NO10S. The van der Waals surface area contributed by atoms with Gasteiger partial charge >= 0.3 is 12.1 Å². The zero-order valence-corrected chi connectivity index (χ0v) is 20.7. The summed E-state index contributed by atoms with van der Waals surface area (Å²) in [5, 5.41) is 9.24. The molecular weight excluding hydrogens is 494 g/mol. The molecule has 36 heavy (non-hydrogen) atoms. The molecule has 0 aliphatic rings. The van der Waals surface area contributed by atoms with Crippen LogP contribution in [0.5, 0.6) is 0 Å². The Kier molecular flexibility index (Phi) is 10.9. The largest absolute Gasteiger partial charge is 0.508 e. The van der Waals surface area contributed by atoms with Crippen molar-refractivity contribution in [2.24, 2.45) is 0 Å². The first-order chi connectivity index (χ1) is 17.1. The van der Waals surface area contributed by atoms with E-state index >= 15 is 0 Å². The van der Waals surface area contributed by atoms with Crippen LogP contribution in [-0.2, 0) is 33.7 Å². The van der Waals surface area contributed by atoms with E-state index in [1.165, 1.54) is 31.4 Å². The van der Waals surface area contributed by atoms with Crippen LogP contribution in [0.25, 0.3) is 11.1 Å². The van der Waals surface area contributed by atoms with E-state index in [4.69, 9.17) is 14.2 Å². The van der Waals surface area contributed by atoms with Crippen LogP contribution >= 0.6 is 0 Å². The van der Waals surface area contributed by atoms with E-state index < -0.39 is 27.0 Å². The van der Waals surface area contributed by atoms with E-state index in [0.29, 0.717) is 36.0 Å². The molecule has 2 aromatic carbocycles. The molecule has 0 aliphatic heterocycles. The molecule has 2 rings (SSSR count). The maximum Gasteiger partial charge on any atom is 0.508 e. The van der Waals surface area contributed by atoms with Crippen LogP contribution in [0, 0.1) is 10.1 Å². The number of nitrogens with zero attached hydrogens (tertiary/aromatic N) is 1. The van der Waals surface area contributed by atoms with Gasteiger partial charge < -0.3 is 19.0 Å². The van der Waals surface area contributed by atoms with Crippen molar-refractivity contribution in [3.63, 3.8) is 0 Å². The lowest BCUT2D eigenvalue weighted by Gasteiger charge is -2.16. The second-order valence-electron chi connectivity index (χ2n) is 7.51. The van der Waals surface area contributed by atoms with E-state index in [0.717, 1.165) is 6.26 Å². The third-order valence-corrected chi connectivity index (χ3v) is 6.05. The quantitative estimate of drug-likeness (QED) is 0.0953. The number of unbranched alkanes of at least 4 members (excludes halogenated alkanes) is 2. The number of methoxy groups -OCH3 is 1. The van der Waals surface area contributed by atoms with Gasteiger partial charge in [0.1, 0.15) is 6.61 Å². The lowest BCUT2D eigenvalue weighted by atomic mass is 9.95. The zero-order chi connectivity index (χ0) is 26.6. The molecule has 0 bridgehead atoms. The van der Waals surface area contributed by atoms with Crippen molar-refractivity contribution in [3.05, 3.63) is 75.8 Å². The highest BCUT2D eigenvalue weighted by Crippen LogP contribution is 2.29. The van der Waals surface area contributed by atoms with Crippen molar-refractivity contribution in [1.29, 1.82) is 0 Å². The summed E-state index contributed by atoms with van der Waals surface area (Å²) in [6.45, 7) is -0.367. The molecule has 0 saturated carbocycles. The molecule has 12 heteroatoms. The molecule has 0 spiro atoms. The van der Waals surface area contributed by atoms with Crippen LogP contribution in [-0.4, -0.2) is 58.8 Å². The SMILES string of the molecule is COC(=O)/C(=C(\COC(=O)OCCCCCO[N+](=O)[O-])c1ccc(S(C)(=O)=O)cc1)c1ccccc1. The fraction of sp³-hybridized carbons (Fsp3) is 0.333. The van der Waals surface area contributed by atoms with E-state index in [-0.39, 0.29) is 30.3 Å². The summed E-state index contributed by atoms with van der Waals surface area (Å²) < 4.78 is 38.9. The van der Waals surface area contributed by atoms with E-state index in [1.807, 2.05) is 0 Å². The molecule has 0 aromatic heterocycles. The Hall–Kier alpha value is -3.93. The molecule has 0 unspecified atom stereocenters. The Morgan fingerprint density at radius 2 is 1.53 bits per heavy atom. The summed E-state index contributed by atoms with van der Waals surface area (Å²) in [5.74, 6) is -0.669. The van der Waals surface area contributed by atoms with Crippen LogP contribution in [0.1, 0.15) is 30.4 Å². The molecule has 2 aromatic rings. The molecule has 194 valence electrons. The van der Waals surface area contributed by atoms with Gasteiger partial charge in [0.05, 0.1) is 30.8 Å². The fourth-order valence-electron chi connectivity index (χ4n) is 3.17. The summed E-state index contributed by atoms with van der Waals surface area (Å²) >= 11 is 0. The average molecular weight is 522 g/mol. The Bertz CT molecular complexity index is 1180. The molecule has 0 aliphatic carbocycles. The first kappa shape index (κ1) is 28.3. The van der Waals surface area contributed by atoms with Gasteiger partial charge in [-0.15, -0.1) is 10.1 Å². The Morgan fingerprint density at radius 1 is 0.889 bits per heavy atom. The van der Waals surface area contributed by atoms with Crippen LogP contribution in [0.2, 0.25) is 0 Å². The van der Waals surface area contributed by atoms with Crippen molar-refractivity contribution in [1.82, 2.24) is 0 Å². The summed E-state index contributed by atoms with van der Waals surface area (Å²) in [4.78, 5) is 39.3. The van der Waals surface area contributed by atoms with Gasteiger partial charge in [-0.3, -0.25) is 0 Å². The highest BCUT2D eigenvalue weighted by molar-refractivity contribution is 7.90. The van der Waals surface area contributed by atoms with Gasteiger partial charge in [-0.05, 0) is 42.5 Å². The second kappa shape index (κ2) is 13.8. The van der Waals surface area contributed by atoms with Crippen LogP contribution in [0.3, 0.4) is 0 Å². The molecule has 11 nitrogen and oxygen atoms in total. The molecule has 0 amide bonds. The normalized spacial score (nSPS) is 11.7. The standard InChI is InChI=1S/C24H27NO10S/c1-32-23(26)22(19-9-5-3-6-10-19)21(18-11-13-20(14-12-18)36(2,30)31)17-34-24(27)33-15-7-4-8-16-35-25(28)29/h3,5-6,9-14H,4,7-8,15-17H2,1-2H3/b22-21+. The van der Waals surface area contributed by atoms with Gasteiger partial charge in [0, 0.05) is 11.8 Å². The first-order valence-electron chi connectivity index (χ1n) is 10.9. The Balaban J connectivity index is 2.21. The van der Waals surface area contributed by atoms with E-state index in [9.17, 15) is 28.1 Å². The zero-order valence-electron chi connectivity index (χ0n) is 19.9. The van der Waals surface area contributed by atoms with Crippen molar-refractivity contribution < 1.29 is 42.1 Å². The number of ether oxygens (including phenoxy) is 3. The van der Waals surface area contributed by atoms with Gasteiger partial charge in [-0.2, -0.15) is 0 Å². The number of carbonyl (C=O) groups is 2. The smallest absolute Gasteiger partial charge is 0.465 e. The number of benzene rings is 2. The van der Waals surface area contributed by atoms with Gasteiger partial charge in [0.15, 0.2) is 9.84 Å². The number of carbonyl (C=O) groups excluding carboxylic acids is 2. The summed E-state index contributed by atoms with van der Waals surface area (Å²) in [6.07, 6.45) is 1.52. The third kappa shape index (κ3) is 9.02. The number of hydrogen-bond donors (Lipinski definition) is 0. The summed E-state index contributed by atoms with van der Waals surface area (Å²) in [5.41, 5.74) is 1.40. The highest BCUT2D eigenvalue weighted by Gasteiger charge is 2.22. The average Bonchev–Trinajstić information content (AvgIpc) is 2.85. The van der Waals surface area contributed by atoms with E-state index in [1.54, 1.807) is 30.3 Å². The number of hydrogen-bond acceptors (Lipinski definition) is 10. The maximum absolute atomic E-state index is 12.7. The van der Waals surface area contributed by atoms with Gasteiger partial charge in [0.25, 0.3) is 5.09 Å². The molecule has 0 saturated heterocycles. The minimum atomic E-state index is -3.44. The maximum atomic E-state index is 12.7. The third-order valence-electron chi connectivity index (χ3n) is 4.92. The molecule has 0 N–H and O–H groups in total. The fourth-order valence-corrected chi connectivity index (χ4v) is 3.80. The molecule has 0 radical (unpaired) electrons. The van der Waals surface area contributed by atoms with E-state index in [2.05, 4.69) is 4.84 Å². The monoisotopic (exact) mass is 521 g/mol. The molecule has 0 heterocycles. The summed E-state index contributed by atoms with van der Waals surface area (Å²) in [6, 6.07) is 14.4. The minimum Gasteiger partial charge on any atom is -0.465 e. The van der Waals surface area contributed by atoms with Crippen molar-refractivity contribution in [2.75, 3.05) is 33.2 Å². The lowest BCUT2D eigenvalue weighted by molar-refractivity contribution is -0.757. The highest BCUT2D eigenvalue weighted by atomic mass is 32.2. The predicted octanol–water partition coefficient (Wildman–Crippen LogP) is 3.71. The van der Waals surface area contributed by atoms with Crippen LogP contribution in [0.15, 0.2) is 59.5 Å². The topological polar surface area (TPSA) is 148 Å². The van der Waals surface area contributed by atoms with Crippen LogP contribution in [0.4, 0.5) is 4.79 Å². The molecule has 0 fully saturated rings. The van der Waals surface area contributed by atoms with Crippen molar-refractivity contribution >= 4 is 33.1 Å². The predicted molar refractivity (Wildman–Crippen MR) is 129 cm³/mol. The minimum absolute atomic E-state index is 0.0297. The lowest BCUT2D eigenvalue weighted by Crippen LogP contribution is -2.14. The molecule has 0 atom stereocenters.